The van der Waals surface area contributed by atoms with Crippen LogP contribution in [0.4, 0.5) is 0 Å². The van der Waals surface area contributed by atoms with Crippen molar-refractivity contribution in [3.05, 3.63) is 23.8 Å². The molecule has 4 nitrogen and oxygen atoms in total. The monoisotopic (exact) mass is 197 g/mol. The van der Waals surface area contributed by atoms with E-state index in [4.69, 9.17) is 15.2 Å². The molecule has 0 radical (unpaired) electrons. The van der Waals surface area contributed by atoms with Gasteiger partial charge in [-0.15, -0.1) is 0 Å². The van der Waals surface area contributed by atoms with Crippen molar-refractivity contribution in [1.29, 1.82) is 0 Å². The van der Waals surface area contributed by atoms with Crippen LogP contribution in [-0.2, 0) is 4.74 Å². The van der Waals surface area contributed by atoms with Gasteiger partial charge in [0.05, 0.1) is 13.2 Å². The van der Waals surface area contributed by atoms with E-state index in [1.165, 1.54) is 7.11 Å². The third-order valence-corrected chi connectivity index (χ3v) is 2.07. The molecule has 1 aromatic rings. The van der Waals surface area contributed by atoms with Crippen LogP contribution in [0.2, 0.25) is 0 Å². The second-order valence-electron chi connectivity index (χ2n) is 2.89. The molecule has 0 fully saturated rings. The fourth-order valence-corrected chi connectivity index (χ4v) is 1.26. The van der Waals surface area contributed by atoms with Crippen molar-refractivity contribution in [3.8, 4) is 11.5 Å². The highest BCUT2D eigenvalue weighted by molar-refractivity contribution is 5.42. The van der Waals surface area contributed by atoms with Crippen molar-refractivity contribution >= 4 is 0 Å². The van der Waals surface area contributed by atoms with Gasteiger partial charge < -0.3 is 20.3 Å². The first-order valence-electron chi connectivity index (χ1n) is 4.32. The summed E-state index contributed by atoms with van der Waals surface area (Å²) in [7, 11) is 3.10. The average molecular weight is 197 g/mol. The molecular formula is C10H15NO3. The predicted octanol–water partition coefficient (Wildman–Crippen LogP) is 1.05. The molecule has 78 valence electrons. The summed E-state index contributed by atoms with van der Waals surface area (Å²) in [6.07, 6.45) is -0.163. The number of methoxy groups -OCH3 is 2. The summed E-state index contributed by atoms with van der Waals surface area (Å²) in [5, 5.41) is 9.37. The van der Waals surface area contributed by atoms with Crippen LogP contribution >= 0.6 is 0 Å². The van der Waals surface area contributed by atoms with Gasteiger partial charge in [-0.25, -0.2) is 0 Å². The maximum absolute atomic E-state index is 9.37. The van der Waals surface area contributed by atoms with Gasteiger partial charge in [0.25, 0.3) is 0 Å². The maximum Gasteiger partial charge on any atom is 0.160 e. The first-order chi connectivity index (χ1) is 6.72. The quantitative estimate of drug-likeness (QED) is 0.757. The Labute approximate surface area is 83.3 Å². The maximum atomic E-state index is 9.37. The third kappa shape index (κ3) is 2.16. The zero-order valence-corrected chi connectivity index (χ0v) is 8.36. The van der Waals surface area contributed by atoms with Gasteiger partial charge in [0, 0.05) is 13.7 Å². The van der Waals surface area contributed by atoms with Crippen molar-refractivity contribution in [2.24, 2.45) is 5.73 Å². The Morgan fingerprint density at radius 3 is 2.64 bits per heavy atom. The van der Waals surface area contributed by atoms with E-state index in [0.29, 0.717) is 12.3 Å². The minimum absolute atomic E-state index is 0.114. The Morgan fingerprint density at radius 2 is 2.14 bits per heavy atom. The van der Waals surface area contributed by atoms with E-state index in [1.54, 1.807) is 25.3 Å². The number of hydrogen-bond acceptors (Lipinski definition) is 4. The Hall–Kier alpha value is -1.26. The average Bonchev–Trinajstić information content (AvgIpc) is 2.22. The normalized spacial score (nSPS) is 12.5. The number of benzene rings is 1. The molecule has 1 atom stereocenters. The van der Waals surface area contributed by atoms with Gasteiger partial charge in [-0.1, -0.05) is 6.07 Å². The minimum Gasteiger partial charge on any atom is -0.504 e. The molecular weight excluding hydrogens is 182 g/mol. The fraction of sp³-hybridized carbons (Fsp3) is 0.400. The highest BCUT2D eigenvalue weighted by Crippen LogP contribution is 2.29. The topological polar surface area (TPSA) is 64.7 Å². The summed E-state index contributed by atoms with van der Waals surface area (Å²) >= 11 is 0. The number of aromatic hydroxyl groups is 1. The van der Waals surface area contributed by atoms with Crippen molar-refractivity contribution in [2.75, 3.05) is 20.8 Å². The largest absolute Gasteiger partial charge is 0.504 e. The van der Waals surface area contributed by atoms with Crippen molar-refractivity contribution in [1.82, 2.24) is 0 Å². The molecule has 0 bridgehead atoms. The second-order valence-corrected chi connectivity index (χ2v) is 2.89. The van der Waals surface area contributed by atoms with E-state index >= 15 is 0 Å². The number of hydrogen-bond donors (Lipinski definition) is 2. The molecule has 3 N–H and O–H groups in total. The summed E-state index contributed by atoms with van der Waals surface area (Å²) in [6.45, 7) is 0.393. The Bertz CT molecular complexity index is 297. The van der Waals surface area contributed by atoms with Crippen LogP contribution in [0.3, 0.4) is 0 Å². The van der Waals surface area contributed by atoms with E-state index in [-0.39, 0.29) is 11.9 Å². The molecule has 4 heteroatoms. The number of phenolic OH excluding ortho intramolecular Hbond substituents is 1. The van der Waals surface area contributed by atoms with Gasteiger partial charge in [0.1, 0.15) is 0 Å². The van der Waals surface area contributed by atoms with Gasteiger partial charge in [0.15, 0.2) is 11.5 Å². The molecule has 0 aliphatic rings. The second kappa shape index (κ2) is 4.83. The lowest BCUT2D eigenvalue weighted by Gasteiger charge is -2.14. The van der Waals surface area contributed by atoms with Crippen LogP contribution in [0.25, 0.3) is 0 Å². The van der Waals surface area contributed by atoms with Crippen molar-refractivity contribution in [2.45, 2.75) is 6.10 Å². The molecule has 0 aromatic heterocycles. The van der Waals surface area contributed by atoms with E-state index in [1.807, 2.05) is 0 Å². The molecule has 14 heavy (non-hydrogen) atoms. The SMILES string of the molecule is COc1cc(C(CN)OC)ccc1O. The van der Waals surface area contributed by atoms with Crippen molar-refractivity contribution < 1.29 is 14.6 Å². The van der Waals surface area contributed by atoms with E-state index in [0.717, 1.165) is 5.56 Å². The van der Waals surface area contributed by atoms with E-state index in [9.17, 15) is 5.11 Å². The minimum atomic E-state index is -0.163. The van der Waals surface area contributed by atoms with Crippen LogP contribution in [-0.4, -0.2) is 25.9 Å². The molecule has 0 heterocycles. The summed E-state index contributed by atoms with van der Waals surface area (Å²) in [5.74, 6) is 0.543. The smallest absolute Gasteiger partial charge is 0.160 e. The molecule has 0 aliphatic carbocycles. The van der Waals surface area contributed by atoms with Crippen LogP contribution in [0, 0.1) is 0 Å². The summed E-state index contributed by atoms with van der Waals surface area (Å²) in [6, 6.07) is 5.05. The zero-order valence-electron chi connectivity index (χ0n) is 8.36. The molecule has 0 spiro atoms. The number of phenols is 1. The van der Waals surface area contributed by atoms with Crippen LogP contribution in [0.1, 0.15) is 11.7 Å². The molecule has 0 aliphatic heterocycles. The van der Waals surface area contributed by atoms with Gasteiger partial charge >= 0.3 is 0 Å². The Morgan fingerprint density at radius 1 is 1.43 bits per heavy atom. The molecule has 1 unspecified atom stereocenters. The summed E-state index contributed by atoms with van der Waals surface area (Å²) in [4.78, 5) is 0. The molecule has 1 rings (SSSR count). The van der Waals surface area contributed by atoms with Gasteiger partial charge in [-0.2, -0.15) is 0 Å². The van der Waals surface area contributed by atoms with Crippen LogP contribution < -0.4 is 10.5 Å². The predicted molar refractivity (Wildman–Crippen MR) is 53.5 cm³/mol. The first kappa shape index (κ1) is 10.8. The molecule has 0 saturated carbocycles. The fourth-order valence-electron chi connectivity index (χ4n) is 1.26. The van der Waals surface area contributed by atoms with Gasteiger partial charge in [-0.3, -0.25) is 0 Å². The third-order valence-electron chi connectivity index (χ3n) is 2.07. The lowest BCUT2D eigenvalue weighted by molar-refractivity contribution is 0.110. The Kier molecular flexibility index (Phi) is 3.73. The van der Waals surface area contributed by atoms with Crippen LogP contribution in [0.5, 0.6) is 11.5 Å². The van der Waals surface area contributed by atoms with E-state index in [2.05, 4.69) is 0 Å². The summed E-state index contributed by atoms with van der Waals surface area (Å²) < 4.78 is 10.1. The number of ether oxygens (including phenoxy) is 2. The van der Waals surface area contributed by atoms with Crippen molar-refractivity contribution in [3.63, 3.8) is 0 Å². The van der Waals surface area contributed by atoms with Gasteiger partial charge in [-0.05, 0) is 17.7 Å². The Balaban J connectivity index is 2.98. The lowest BCUT2D eigenvalue weighted by atomic mass is 10.1. The number of rotatable bonds is 4. The zero-order chi connectivity index (χ0) is 10.6. The lowest BCUT2D eigenvalue weighted by Crippen LogP contribution is -2.14. The van der Waals surface area contributed by atoms with Crippen LogP contribution in [0.15, 0.2) is 18.2 Å². The highest BCUT2D eigenvalue weighted by Gasteiger charge is 2.10. The molecule has 0 amide bonds. The highest BCUT2D eigenvalue weighted by atomic mass is 16.5. The van der Waals surface area contributed by atoms with E-state index < -0.39 is 0 Å². The van der Waals surface area contributed by atoms with Gasteiger partial charge in [0.2, 0.25) is 0 Å². The number of nitrogens with two attached hydrogens (primary N) is 1. The summed E-state index contributed by atoms with van der Waals surface area (Å²) in [5.41, 5.74) is 6.41. The molecule has 1 aromatic carbocycles. The standard InChI is InChI=1S/C10H15NO3/c1-13-9-5-7(3-4-8(9)12)10(6-11)14-2/h3-5,10,12H,6,11H2,1-2H3. The molecule has 0 saturated heterocycles. The first-order valence-corrected chi connectivity index (χ1v) is 4.32.